The maximum atomic E-state index is 12.4. The lowest BCUT2D eigenvalue weighted by atomic mass is 9.79. The number of carbonyl (C=O) groups excluding carboxylic acids is 2. The molecule has 2 aliphatic carbocycles. The van der Waals surface area contributed by atoms with Crippen LogP contribution in [0.3, 0.4) is 0 Å². The van der Waals surface area contributed by atoms with E-state index >= 15 is 0 Å². The van der Waals surface area contributed by atoms with Gasteiger partial charge in [-0.15, -0.1) is 0 Å². The molecule has 4 heteroatoms. The lowest BCUT2D eigenvalue weighted by Gasteiger charge is -2.29. The molecule has 0 aromatic carbocycles. The van der Waals surface area contributed by atoms with Gasteiger partial charge in [-0.1, -0.05) is 0 Å². The number of esters is 1. The second kappa shape index (κ2) is 3.72. The highest BCUT2D eigenvalue weighted by molar-refractivity contribution is 5.88. The Kier molecular flexibility index (Phi) is 2.42. The quantitative estimate of drug-likeness (QED) is 0.689. The predicted octanol–water partition coefficient (Wildman–Crippen LogP) is 1.05. The van der Waals surface area contributed by atoms with E-state index in [0.717, 1.165) is 25.9 Å². The molecule has 0 N–H and O–H groups in total. The number of nitrogens with zero attached hydrogens (tertiary/aromatic N) is 1. The molecule has 3 fully saturated rings. The van der Waals surface area contributed by atoms with Gasteiger partial charge in [-0.05, 0) is 32.6 Å². The number of carbonyl (C=O) groups is 2. The summed E-state index contributed by atoms with van der Waals surface area (Å²) in [6, 6.07) is 0. The molecular weight excluding hydrogens is 218 g/mol. The van der Waals surface area contributed by atoms with Crippen molar-refractivity contribution in [1.82, 2.24) is 4.90 Å². The van der Waals surface area contributed by atoms with E-state index in [1.165, 1.54) is 0 Å². The van der Waals surface area contributed by atoms with Gasteiger partial charge in [0.1, 0.15) is 6.10 Å². The molecule has 0 radical (unpaired) electrons. The topological polar surface area (TPSA) is 46.6 Å². The molecule has 2 bridgehead atoms. The molecule has 0 aromatic rings. The third-order valence-electron chi connectivity index (χ3n) is 4.84. The highest BCUT2D eigenvalue weighted by Gasteiger charge is 2.64. The summed E-state index contributed by atoms with van der Waals surface area (Å²) in [5, 5.41) is 0. The van der Waals surface area contributed by atoms with Crippen molar-refractivity contribution in [2.45, 2.75) is 32.8 Å². The van der Waals surface area contributed by atoms with Crippen LogP contribution in [0.25, 0.3) is 0 Å². The summed E-state index contributed by atoms with van der Waals surface area (Å²) in [7, 11) is 0. The molecule has 2 saturated carbocycles. The normalized spacial score (nSPS) is 41.8. The van der Waals surface area contributed by atoms with Crippen molar-refractivity contribution in [2.24, 2.45) is 23.7 Å². The van der Waals surface area contributed by atoms with Gasteiger partial charge in [0.2, 0.25) is 5.91 Å². The Morgan fingerprint density at radius 3 is 2.71 bits per heavy atom. The molecule has 1 amide bonds. The number of hydrogen-bond donors (Lipinski definition) is 0. The van der Waals surface area contributed by atoms with Gasteiger partial charge in [0.05, 0.1) is 11.8 Å². The minimum Gasteiger partial charge on any atom is -0.462 e. The van der Waals surface area contributed by atoms with Gasteiger partial charge >= 0.3 is 5.97 Å². The molecule has 0 unspecified atom stereocenters. The van der Waals surface area contributed by atoms with Crippen molar-refractivity contribution in [2.75, 3.05) is 13.1 Å². The molecule has 1 saturated heterocycles. The average molecular weight is 237 g/mol. The number of ether oxygens (including phenoxy) is 1. The Morgan fingerprint density at radius 1 is 1.35 bits per heavy atom. The Hall–Kier alpha value is -1.06. The number of hydrogen-bond acceptors (Lipinski definition) is 3. The molecule has 1 aliphatic heterocycles. The minimum atomic E-state index is -0.133. The van der Waals surface area contributed by atoms with Gasteiger partial charge in [-0.2, -0.15) is 0 Å². The Bertz CT molecular complexity index is 362. The second-order valence-electron chi connectivity index (χ2n) is 5.43. The second-order valence-corrected chi connectivity index (χ2v) is 5.43. The first-order chi connectivity index (χ1) is 8.17. The fraction of sp³-hybridized carbons (Fsp3) is 0.846. The summed E-state index contributed by atoms with van der Waals surface area (Å²) in [5.41, 5.74) is 0. The average Bonchev–Trinajstić information content (AvgIpc) is 2.90. The molecule has 1 heterocycles. The van der Waals surface area contributed by atoms with E-state index in [4.69, 9.17) is 4.74 Å². The summed E-state index contributed by atoms with van der Waals surface area (Å²) >= 11 is 0. The zero-order valence-corrected chi connectivity index (χ0v) is 10.4. The van der Waals surface area contributed by atoms with Crippen molar-refractivity contribution in [1.29, 1.82) is 0 Å². The predicted molar refractivity (Wildman–Crippen MR) is 61.0 cm³/mol. The SMILES string of the molecule is CCN(CC)C(=O)[C@H]1[C@@H]2C[C@@H]3[C@@H]1C(=O)O[C@@H]3C2. The van der Waals surface area contributed by atoms with E-state index < -0.39 is 0 Å². The van der Waals surface area contributed by atoms with E-state index in [2.05, 4.69) is 0 Å². The van der Waals surface area contributed by atoms with Crippen LogP contribution in [-0.4, -0.2) is 36.0 Å². The van der Waals surface area contributed by atoms with Crippen LogP contribution < -0.4 is 0 Å². The lowest BCUT2D eigenvalue weighted by molar-refractivity contribution is -0.148. The molecule has 17 heavy (non-hydrogen) atoms. The summed E-state index contributed by atoms with van der Waals surface area (Å²) in [5.74, 6) is 0.542. The van der Waals surface area contributed by atoms with Gasteiger partial charge < -0.3 is 9.64 Å². The summed E-state index contributed by atoms with van der Waals surface area (Å²) in [6.45, 7) is 5.44. The van der Waals surface area contributed by atoms with E-state index in [1.54, 1.807) is 0 Å². The highest BCUT2D eigenvalue weighted by Crippen LogP contribution is 2.58. The number of rotatable bonds is 3. The van der Waals surface area contributed by atoms with Crippen molar-refractivity contribution >= 4 is 11.9 Å². The molecule has 5 atom stereocenters. The Balaban J connectivity index is 1.85. The van der Waals surface area contributed by atoms with Crippen molar-refractivity contribution in [3.63, 3.8) is 0 Å². The van der Waals surface area contributed by atoms with Crippen LogP contribution in [0.15, 0.2) is 0 Å². The van der Waals surface area contributed by atoms with Crippen LogP contribution in [0.5, 0.6) is 0 Å². The number of amides is 1. The van der Waals surface area contributed by atoms with E-state index in [1.807, 2.05) is 18.7 Å². The number of fused-ring (bicyclic) bond motifs is 1. The van der Waals surface area contributed by atoms with Gasteiger partial charge in [0.15, 0.2) is 0 Å². The molecule has 3 aliphatic rings. The van der Waals surface area contributed by atoms with Crippen molar-refractivity contribution < 1.29 is 14.3 Å². The third kappa shape index (κ3) is 1.36. The minimum absolute atomic E-state index is 0.0915. The molecule has 0 spiro atoms. The molecule has 0 aromatic heterocycles. The maximum Gasteiger partial charge on any atom is 0.310 e. The van der Waals surface area contributed by atoms with E-state index in [-0.39, 0.29) is 29.8 Å². The highest BCUT2D eigenvalue weighted by atomic mass is 16.6. The first kappa shape index (κ1) is 11.1. The van der Waals surface area contributed by atoms with Gasteiger partial charge in [-0.25, -0.2) is 0 Å². The zero-order chi connectivity index (χ0) is 12.2. The fourth-order valence-electron chi connectivity index (χ4n) is 4.09. The van der Waals surface area contributed by atoms with Crippen LogP contribution in [-0.2, 0) is 14.3 Å². The largest absolute Gasteiger partial charge is 0.462 e. The molecule has 3 rings (SSSR count). The van der Waals surface area contributed by atoms with E-state index in [9.17, 15) is 9.59 Å². The zero-order valence-electron chi connectivity index (χ0n) is 10.4. The van der Waals surface area contributed by atoms with Gasteiger partial charge in [0.25, 0.3) is 0 Å². The van der Waals surface area contributed by atoms with Crippen LogP contribution in [0.1, 0.15) is 26.7 Å². The van der Waals surface area contributed by atoms with Gasteiger partial charge in [0, 0.05) is 19.0 Å². The van der Waals surface area contributed by atoms with Crippen LogP contribution in [0.4, 0.5) is 0 Å². The van der Waals surface area contributed by atoms with Gasteiger partial charge in [-0.3, -0.25) is 9.59 Å². The summed E-state index contributed by atoms with van der Waals surface area (Å²) in [4.78, 5) is 26.1. The Morgan fingerprint density at radius 2 is 2.06 bits per heavy atom. The van der Waals surface area contributed by atoms with Crippen molar-refractivity contribution in [3.8, 4) is 0 Å². The third-order valence-corrected chi connectivity index (χ3v) is 4.84. The first-order valence-electron chi connectivity index (χ1n) is 6.66. The lowest BCUT2D eigenvalue weighted by Crippen LogP contribution is -2.42. The fourth-order valence-corrected chi connectivity index (χ4v) is 4.09. The van der Waals surface area contributed by atoms with Crippen LogP contribution in [0.2, 0.25) is 0 Å². The maximum absolute atomic E-state index is 12.4. The standard InChI is InChI=1S/C13H19NO3/c1-3-14(4-2)12(15)10-7-5-8-9(6-7)17-13(16)11(8)10/h7-11H,3-6H2,1-2H3/t7-,8+,9-,10+,11+/m1/s1. The molecule has 94 valence electrons. The van der Waals surface area contributed by atoms with Crippen LogP contribution >= 0.6 is 0 Å². The Labute approximate surface area is 101 Å². The van der Waals surface area contributed by atoms with Crippen LogP contribution in [0, 0.1) is 23.7 Å². The smallest absolute Gasteiger partial charge is 0.310 e. The van der Waals surface area contributed by atoms with E-state index in [0.29, 0.717) is 11.8 Å². The molecular formula is C13H19NO3. The first-order valence-corrected chi connectivity index (χ1v) is 6.66. The van der Waals surface area contributed by atoms with Crippen molar-refractivity contribution in [3.05, 3.63) is 0 Å². The summed E-state index contributed by atoms with van der Waals surface area (Å²) < 4.78 is 5.36. The molecule has 4 nitrogen and oxygen atoms in total. The summed E-state index contributed by atoms with van der Waals surface area (Å²) in [6.07, 6.45) is 2.04. The monoisotopic (exact) mass is 237 g/mol.